The third-order valence-corrected chi connectivity index (χ3v) is 7.18. The van der Waals surface area contributed by atoms with Gasteiger partial charge < -0.3 is 28.7 Å². The second kappa shape index (κ2) is 10.6. The molecule has 2 aliphatic rings. The molecule has 0 saturated carbocycles. The molecule has 134 valence electrons. The van der Waals surface area contributed by atoms with E-state index in [1.807, 2.05) is 23.1 Å². The summed E-state index contributed by atoms with van der Waals surface area (Å²) in [5.74, 6) is 2.15. The third-order valence-electron chi connectivity index (χ3n) is 4.15. The maximum absolute atomic E-state index is 6.29. The minimum atomic E-state index is 0. The molecule has 0 radical (unpaired) electrons. The number of aromatic nitrogens is 2. The molecule has 1 aliphatic heterocycles. The molecule has 2 aromatic heterocycles. The summed E-state index contributed by atoms with van der Waals surface area (Å²) in [7, 11) is 0. The Bertz CT molecular complexity index is 711. The minimum Gasteiger partial charge on any atom is -1.00 e. The van der Waals surface area contributed by atoms with Gasteiger partial charge in [-0.1, -0.05) is 40.9 Å². The number of fused-ring (bicyclic) bond motifs is 5. The van der Waals surface area contributed by atoms with E-state index in [0.717, 1.165) is 27.8 Å². The van der Waals surface area contributed by atoms with Crippen molar-refractivity contribution in [1.82, 2.24) is 4.98 Å². The van der Waals surface area contributed by atoms with Gasteiger partial charge in [0.2, 0.25) is 4.83 Å². The molecule has 1 aliphatic carbocycles. The van der Waals surface area contributed by atoms with Crippen LogP contribution >= 0.6 is 82.9 Å². The minimum absolute atomic E-state index is 0. The molecule has 0 N–H and O–H groups in total. The van der Waals surface area contributed by atoms with Crippen molar-refractivity contribution in [1.29, 1.82) is 0 Å². The van der Waals surface area contributed by atoms with Gasteiger partial charge in [0.1, 0.15) is 18.0 Å². The van der Waals surface area contributed by atoms with E-state index in [9.17, 15) is 0 Å². The number of thiophene rings is 1. The SMILES string of the molecule is CCSc1nc2sc3c(c2c2[n+]1CC(CI)O2)CCCC3.II.[I-]. The summed E-state index contributed by atoms with van der Waals surface area (Å²) >= 11 is 10.4. The Labute approximate surface area is 205 Å². The number of hydrogen-bond donors (Lipinski definition) is 0. The zero-order valence-corrected chi connectivity index (χ0v) is 23.4. The van der Waals surface area contributed by atoms with Crippen molar-refractivity contribution in [2.75, 3.05) is 10.2 Å². The van der Waals surface area contributed by atoms with Crippen molar-refractivity contribution < 1.29 is 33.3 Å². The van der Waals surface area contributed by atoms with Gasteiger partial charge in [-0.2, -0.15) is 4.57 Å². The summed E-state index contributed by atoms with van der Waals surface area (Å²) in [6.45, 7) is 3.14. The lowest BCUT2D eigenvalue weighted by Gasteiger charge is -2.10. The Morgan fingerprint density at radius 3 is 2.79 bits per heavy atom. The van der Waals surface area contributed by atoms with E-state index in [2.05, 4.69) is 71.3 Å². The predicted molar refractivity (Wildman–Crippen MR) is 124 cm³/mol. The summed E-state index contributed by atoms with van der Waals surface area (Å²) < 4.78 is 9.64. The van der Waals surface area contributed by atoms with Gasteiger partial charge in [-0.05, 0) is 48.0 Å². The molecule has 4 rings (SSSR count). The van der Waals surface area contributed by atoms with Crippen LogP contribution in [-0.2, 0) is 19.4 Å². The van der Waals surface area contributed by atoms with E-state index in [4.69, 9.17) is 9.72 Å². The molecule has 24 heavy (non-hydrogen) atoms. The zero-order valence-electron chi connectivity index (χ0n) is 13.2. The molecular weight excluding hydrogens is 796 g/mol. The van der Waals surface area contributed by atoms with Gasteiger partial charge in [0.05, 0.1) is 0 Å². The van der Waals surface area contributed by atoms with Crippen molar-refractivity contribution >= 4 is 93.1 Å². The standard InChI is InChI=1S/C15H18IN2OS2.I2.HI/c1-2-20-15-17-13-12(10-5-3-4-6-11(10)21-13)14-18(15)8-9(7-16)19-14;1-2;/h9H,2-8H2,1H3;;1H/q+1;;/p-1. The van der Waals surface area contributed by atoms with Gasteiger partial charge in [0, 0.05) is 52.3 Å². The van der Waals surface area contributed by atoms with Crippen LogP contribution in [0.15, 0.2) is 5.16 Å². The fourth-order valence-corrected chi connectivity index (χ4v) is 5.72. The lowest BCUT2D eigenvalue weighted by molar-refractivity contribution is -0.720. The first-order valence-corrected chi connectivity index (χ1v) is 17.3. The lowest BCUT2D eigenvalue weighted by atomic mass is 9.97. The summed E-state index contributed by atoms with van der Waals surface area (Å²) in [5.41, 5.74) is 1.53. The fraction of sp³-hybridized carbons (Fsp3) is 0.600. The number of ether oxygens (including phenoxy) is 1. The highest BCUT2D eigenvalue weighted by Gasteiger charge is 2.36. The normalized spacial score (nSPS) is 18.1. The maximum Gasteiger partial charge on any atom is 0.363 e. The second-order valence-corrected chi connectivity index (χ2v) is 8.72. The van der Waals surface area contributed by atoms with Crippen LogP contribution in [0.5, 0.6) is 5.88 Å². The predicted octanol–water partition coefficient (Wildman–Crippen LogP) is 2.55. The summed E-state index contributed by atoms with van der Waals surface area (Å²) in [6, 6.07) is 0. The van der Waals surface area contributed by atoms with Crippen molar-refractivity contribution in [3.63, 3.8) is 0 Å². The van der Waals surface area contributed by atoms with Crippen molar-refractivity contribution in [2.24, 2.45) is 0 Å². The van der Waals surface area contributed by atoms with E-state index in [1.54, 1.807) is 4.88 Å². The molecule has 0 aromatic carbocycles. The highest BCUT2D eigenvalue weighted by atomic mass is 128. The average Bonchev–Trinajstić information content (AvgIpc) is 3.17. The van der Waals surface area contributed by atoms with Crippen LogP contribution in [-0.4, -0.2) is 21.3 Å². The number of alkyl halides is 1. The van der Waals surface area contributed by atoms with Crippen LogP contribution in [0, 0.1) is 0 Å². The largest absolute Gasteiger partial charge is 1.00 e. The van der Waals surface area contributed by atoms with Crippen LogP contribution in [0.3, 0.4) is 0 Å². The Balaban J connectivity index is 0.000000670. The highest BCUT2D eigenvalue weighted by molar-refractivity contribution is 15.0. The van der Waals surface area contributed by atoms with E-state index in [0.29, 0.717) is 6.10 Å². The maximum atomic E-state index is 6.29. The van der Waals surface area contributed by atoms with Crippen LogP contribution in [0.2, 0.25) is 0 Å². The zero-order chi connectivity index (χ0) is 16.4. The Hall–Kier alpha value is 2.11. The van der Waals surface area contributed by atoms with Crippen LogP contribution in [0.25, 0.3) is 10.2 Å². The van der Waals surface area contributed by atoms with Crippen molar-refractivity contribution in [3.8, 4) is 5.88 Å². The molecule has 3 nitrogen and oxygen atoms in total. The molecule has 0 spiro atoms. The quantitative estimate of drug-likeness (QED) is 0.157. The molecule has 1 unspecified atom stereocenters. The van der Waals surface area contributed by atoms with Gasteiger partial charge in [-0.15, -0.1) is 0 Å². The van der Waals surface area contributed by atoms with Crippen molar-refractivity contribution in [2.45, 2.75) is 50.4 Å². The van der Waals surface area contributed by atoms with Gasteiger partial charge in [0.25, 0.3) is 5.88 Å². The van der Waals surface area contributed by atoms with Crippen LogP contribution in [0.4, 0.5) is 0 Å². The van der Waals surface area contributed by atoms with Gasteiger partial charge in [-0.3, -0.25) is 0 Å². The third kappa shape index (κ3) is 4.40. The molecule has 0 bridgehead atoms. The Kier molecular flexibility index (Phi) is 9.89. The van der Waals surface area contributed by atoms with E-state index >= 15 is 0 Å². The summed E-state index contributed by atoms with van der Waals surface area (Å²) in [5, 5.41) is 2.45. The van der Waals surface area contributed by atoms with Crippen LogP contribution in [0.1, 0.15) is 30.2 Å². The fourth-order valence-electron chi connectivity index (χ4n) is 3.22. The molecule has 0 amide bonds. The van der Waals surface area contributed by atoms with Gasteiger partial charge in [-0.25, -0.2) is 0 Å². The van der Waals surface area contributed by atoms with Crippen LogP contribution < -0.4 is 33.3 Å². The molecule has 1 atom stereocenters. The molecule has 2 aromatic rings. The number of thioether (sulfide) groups is 1. The number of nitrogens with zero attached hydrogens (tertiary/aromatic N) is 2. The first-order chi connectivity index (χ1) is 11.3. The summed E-state index contributed by atoms with van der Waals surface area (Å²) in [6.07, 6.45) is 5.35. The number of hydrogen-bond acceptors (Lipinski definition) is 4. The first kappa shape index (κ1) is 22.4. The Morgan fingerprint density at radius 1 is 1.33 bits per heavy atom. The average molecular weight is 814 g/mol. The van der Waals surface area contributed by atoms with Gasteiger partial charge >= 0.3 is 5.16 Å². The summed E-state index contributed by atoms with van der Waals surface area (Å²) in [4.78, 5) is 7.71. The molecule has 9 heteroatoms. The second-order valence-electron chi connectivity index (χ2n) is 5.53. The van der Waals surface area contributed by atoms with E-state index in [1.165, 1.54) is 41.5 Å². The Morgan fingerprint density at radius 2 is 2.08 bits per heavy atom. The monoisotopic (exact) mass is 814 g/mol. The van der Waals surface area contributed by atoms with E-state index in [-0.39, 0.29) is 24.0 Å². The highest BCUT2D eigenvalue weighted by Crippen LogP contribution is 2.41. The van der Waals surface area contributed by atoms with E-state index < -0.39 is 0 Å². The molecule has 0 saturated heterocycles. The smallest absolute Gasteiger partial charge is 0.363 e. The first-order valence-electron chi connectivity index (χ1n) is 7.69. The molecular formula is C15H18I4N2OS2. The topological polar surface area (TPSA) is 26.0 Å². The molecule has 0 fully saturated rings. The van der Waals surface area contributed by atoms with Gasteiger partial charge in [0.15, 0.2) is 0 Å². The van der Waals surface area contributed by atoms with Crippen molar-refractivity contribution in [3.05, 3.63) is 10.4 Å². The number of aryl methyl sites for hydroxylation is 2. The number of rotatable bonds is 3. The number of halogens is 4. The molecule has 3 heterocycles. The lowest BCUT2D eigenvalue weighted by Crippen LogP contribution is -3.00.